The maximum absolute atomic E-state index is 17.6. The zero-order chi connectivity index (χ0) is 66.8. The van der Waals surface area contributed by atoms with Gasteiger partial charge in [0.1, 0.15) is 5.56 Å². The van der Waals surface area contributed by atoms with E-state index in [2.05, 4.69) is 0 Å². The molecule has 0 bridgehead atoms. The van der Waals surface area contributed by atoms with Crippen molar-refractivity contribution >= 4 is 43.6 Å². The average molecular weight is 1290 g/mol. The highest BCUT2D eigenvalue weighted by Crippen LogP contribution is 2.49. The number of aryl methyl sites for hydroxylation is 5. The molecule has 0 amide bonds. The van der Waals surface area contributed by atoms with E-state index in [9.17, 15) is 26.3 Å². The van der Waals surface area contributed by atoms with E-state index in [0.29, 0.717) is 66.1 Å². The molecule has 472 valence electrons. The molecule has 11 aromatic carbocycles. The lowest BCUT2D eigenvalue weighted by molar-refractivity contribution is -0.138. The van der Waals surface area contributed by atoms with E-state index in [1.807, 2.05) is 38.1 Å². The average Bonchev–Trinajstić information content (AvgIpc) is 1.60. The van der Waals surface area contributed by atoms with E-state index in [1.165, 1.54) is 65.4 Å². The second-order valence-electron chi connectivity index (χ2n) is 23.9. The van der Waals surface area contributed by atoms with Crippen LogP contribution in [0.3, 0.4) is 0 Å². The van der Waals surface area contributed by atoms with Gasteiger partial charge in [0.05, 0.1) is 50.1 Å². The molecule has 0 spiro atoms. The third kappa shape index (κ3) is 11.2. The van der Waals surface area contributed by atoms with Gasteiger partial charge in [-0.1, -0.05) is 139 Å². The fraction of sp³-hybridized carbons (Fsp3) is 0.115. The molecule has 3 heterocycles. The van der Waals surface area contributed by atoms with Crippen LogP contribution in [-0.2, 0) is 24.7 Å². The summed E-state index contributed by atoms with van der Waals surface area (Å²) in [5.41, 5.74) is 3.14. The second kappa shape index (κ2) is 22.7. The lowest BCUT2D eigenvalue weighted by Crippen LogP contribution is -2.16. The van der Waals surface area contributed by atoms with Gasteiger partial charge in [-0.05, 0) is 187 Å². The van der Waals surface area contributed by atoms with Gasteiger partial charge in [-0.3, -0.25) is 0 Å². The molecule has 0 aliphatic rings. The minimum absolute atomic E-state index is 0.0472. The Hall–Kier alpha value is -10.8. The van der Waals surface area contributed by atoms with Crippen molar-refractivity contribution in [2.75, 3.05) is 0 Å². The van der Waals surface area contributed by atoms with Gasteiger partial charge in [0, 0.05) is 38.2 Å². The Morgan fingerprint density at radius 2 is 0.611 bits per heavy atom. The molecule has 14 rings (SSSR count). The van der Waals surface area contributed by atoms with E-state index >= 15 is 26.3 Å². The quantitative estimate of drug-likeness (QED) is 0.135. The van der Waals surface area contributed by atoms with Gasteiger partial charge in [-0.2, -0.15) is 52.7 Å². The van der Waals surface area contributed by atoms with E-state index in [4.69, 9.17) is 15.0 Å². The van der Waals surface area contributed by atoms with Gasteiger partial charge < -0.3 is 9.13 Å². The largest absolute Gasteiger partial charge is 0.420 e. The summed E-state index contributed by atoms with van der Waals surface area (Å²) in [6.07, 6.45) is -19.4. The minimum atomic E-state index is -5.25. The number of fused-ring (bicyclic) bond motifs is 6. The summed E-state index contributed by atoms with van der Waals surface area (Å²) in [5, 5.41) is 1.40. The van der Waals surface area contributed by atoms with Crippen LogP contribution in [-0.4, -0.2) is 24.1 Å². The van der Waals surface area contributed by atoms with Crippen molar-refractivity contribution < 1.29 is 52.7 Å². The molecular weight excluding hydrogens is 1230 g/mol. The number of alkyl halides is 12. The summed E-state index contributed by atoms with van der Waals surface area (Å²) in [5.74, 6) is 0.322. The van der Waals surface area contributed by atoms with Gasteiger partial charge >= 0.3 is 24.7 Å². The Morgan fingerprint density at radius 3 is 0.958 bits per heavy atom. The first-order valence-corrected chi connectivity index (χ1v) is 30.1. The Balaban J connectivity index is 1.13. The van der Waals surface area contributed by atoms with Gasteiger partial charge in [-0.15, -0.1) is 0 Å². The van der Waals surface area contributed by atoms with Gasteiger partial charge in [-0.25, -0.2) is 15.0 Å². The molecular formula is C78H51F12N5. The van der Waals surface area contributed by atoms with Crippen molar-refractivity contribution in [3.63, 3.8) is 0 Å². The van der Waals surface area contributed by atoms with Crippen LogP contribution in [0.5, 0.6) is 0 Å². The highest BCUT2D eigenvalue weighted by molar-refractivity contribution is 6.14. The number of rotatable bonds is 9. The molecule has 0 N–H and O–H groups in total. The Labute approximate surface area is 535 Å². The van der Waals surface area contributed by atoms with Crippen LogP contribution in [0.1, 0.15) is 50.1 Å². The number of aromatic nitrogens is 5. The van der Waals surface area contributed by atoms with Crippen molar-refractivity contribution in [3.8, 4) is 90.0 Å². The lowest BCUT2D eigenvalue weighted by atomic mass is 9.95. The van der Waals surface area contributed by atoms with Crippen molar-refractivity contribution in [2.24, 2.45) is 0 Å². The summed E-state index contributed by atoms with van der Waals surface area (Å²) in [6.45, 7) is 8.46. The van der Waals surface area contributed by atoms with Crippen molar-refractivity contribution in [1.82, 2.24) is 24.1 Å². The number of nitrogens with zero attached hydrogens (tertiary/aromatic N) is 5. The van der Waals surface area contributed by atoms with Crippen LogP contribution in [0, 0.1) is 34.6 Å². The van der Waals surface area contributed by atoms with E-state index in [0.717, 1.165) is 47.0 Å². The fourth-order valence-electron chi connectivity index (χ4n) is 13.2. The van der Waals surface area contributed by atoms with Gasteiger partial charge in [0.25, 0.3) is 0 Å². The third-order valence-corrected chi connectivity index (χ3v) is 17.6. The standard InChI is InChI=1S/C78H51F12N5/c1-42-16-24-56(44(3)32-42)49-18-28-67-62(36-49)63-39-52(59-25-17-43(2)33-64(59)77(85,86)87)21-31-68(63)95(67)70-41-53(74-92-72(47-12-8-6-9-13-47)91-73(93-74)48-14-10-7-11-15-48)40-69(71(70)78(88,89)90)94-65-29-19-50(57-26-22-54(34-45(57)4)75(79,80)81)37-60(65)61-38-51(20-30-66(61)94)58-27-23-55(35-46(58)5)76(82,83)84/h6-41H,1-5H3. The zero-order valence-corrected chi connectivity index (χ0v) is 51.1. The lowest BCUT2D eigenvalue weighted by Gasteiger charge is -2.23. The van der Waals surface area contributed by atoms with Crippen LogP contribution >= 0.6 is 0 Å². The predicted molar refractivity (Wildman–Crippen MR) is 350 cm³/mol. The molecule has 0 radical (unpaired) electrons. The van der Waals surface area contributed by atoms with E-state index in [1.54, 1.807) is 128 Å². The molecule has 14 aromatic rings. The second-order valence-corrected chi connectivity index (χ2v) is 23.9. The monoisotopic (exact) mass is 1290 g/mol. The smallest absolute Gasteiger partial charge is 0.309 e. The molecule has 95 heavy (non-hydrogen) atoms. The molecule has 0 saturated heterocycles. The molecule has 3 aromatic heterocycles. The predicted octanol–water partition coefficient (Wildman–Crippen LogP) is 23.4. The van der Waals surface area contributed by atoms with Crippen LogP contribution in [0.4, 0.5) is 52.7 Å². The van der Waals surface area contributed by atoms with Crippen LogP contribution in [0.25, 0.3) is 134 Å². The SMILES string of the molecule is Cc1ccc(-c2ccc3c(c2)c2cc(-c4ccc(C)cc4C(F)(F)F)ccc2n3-c2cc(-c3nc(-c4ccccc4)nc(-c4ccccc4)n3)cc(-n3c4ccc(-c5ccc(C(F)(F)F)cc5C)cc4c4cc(-c5ccc(C(F)(F)F)cc5C)ccc43)c2C(F)(F)F)c(C)c1. The Morgan fingerprint density at radius 1 is 0.274 bits per heavy atom. The first-order chi connectivity index (χ1) is 45.2. The van der Waals surface area contributed by atoms with Crippen molar-refractivity contribution in [3.05, 3.63) is 268 Å². The summed E-state index contributed by atoms with van der Waals surface area (Å²) in [4.78, 5) is 14.9. The molecule has 5 nitrogen and oxygen atoms in total. The summed E-state index contributed by atoms with van der Waals surface area (Å²) >= 11 is 0. The summed E-state index contributed by atoms with van der Waals surface area (Å²) in [6, 6.07) is 56.6. The zero-order valence-electron chi connectivity index (χ0n) is 51.1. The van der Waals surface area contributed by atoms with Crippen molar-refractivity contribution in [2.45, 2.75) is 59.3 Å². The molecule has 17 heteroatoms. The van der Waals surface area contributed by atoms with E-state index in [-0.39, 0.29) is 67.4 Å². The van der Waals surface area contributed by atoms with Gasteiger partial charge in [0.2, 0.25) is 0 Å². The summed E-state index contributed by atoms with van der Waals surface area (Å²) in [7, 11) is 0. The topological polar surface area (TPSA) is 48.5 Å². The summed E-state index contributed by atoms with van der Waals surface area (Å²) < 4.78 is 186. The molecule has 0 unspecified atom stereocenters. The molecule has 0 saturated carbocycles. The first kappa shape index (κ1) is 61.7. The maximum Gasteiger partial charge on any atom is 0.420 e. The highest BCUT2D eigenvalue weighted by atomic mass is 19.4. The molecule has 0 atom stereocenters. The van der Waals surface area contributed by atoms with Gasteiger partial charge in [0.15, 0.2) is 17.5 Å². The molecule has 0 fully saturated rings. The first-order valence-electron chi connectivity index (χ1n) is 30.1. The van der Waals surface area contributed by atoms with Crippen LogP contribution in [0.15, 0.2) is 218 Å². The van der Waals surface area contributed by atoms with Crippen LogP contribution in [0.2, 0.25) is 0 Å². The molecule has 0 aliphatic carbocycles. The Kier molecular flexibility index (Phi) is 14.8. The fourth-order valence-corrected chi connectivity index (χ4v) is 13.2. The van der Waals surface area contributed by atoms with Crippen molar-refractivity contribution in [1.29, 1.82) is 0 Å². The maximum atomic E-state index is 17.6. The highest BCUT2D eigenvalue weighted by Gasteiger charge is 2.41. The number of halogens is 12. The molecule has 0 aliphatic heterocycles. The Bertz CT molecular complexity index is 5250. The van der Waals surface area contributed by atoms with E-state index < -0.39 is 58.3 Å². The number of benzene rings is 11. The third-order valence-electron chi connectivity index (χ3n) is 17.6. The number of hydrogen-bond donors (Lipinski definition) is 0. The number of hydrogen-bond acceptors (Lipinski definition) is 3. The normalized spacial score (nSPS) is 12.5. The minimum Gasteiger partial charge on any atom is -0.309 e. The van der Waals surface area contributed by atoms with Crippen LogP contribution < -0.4 is 0 Å².